The largest absolute Gasteiger partial charge is 0.390 e. The fourth-order valence-corrected chi connectivity index (χ4v) is 2.49. The normalized spacial score (nSPS) is 11.1. The van der Waals surface area contributed by atoms with Crippen LogP contribution in [0, 0.1) is 0 Å². The predicted molar refractivity (Wildman–Crippen MR) is 86.8 cm³/mol. The molecule has 4 heteroatoms. The van der Waals surface area contributed by atoms with E-state index in [-0.39, 0.29) is 6.61 Å². The van der Waals surface area contributed by atoms with Crippen LogP contribution >= 0.6 is 0 Å². The zero-order valence-electron chi connectivity index (χ0n) is 12.8. The summed E-state index contributed by atoms with van der Waals surface area (Å²) in [6.45, 7) is 4.21. The first-order chi connectivity index (χ1) is 10.7. The molecule has 22 heavy (non-hydrogen) atoms. The van der Waals surface area contributed by atoms with Gasteiger partial charge in [-0.3, -0.25) is 0 Å². The Balaban J connectivity index is 2.10. The van der Waals surface area contributed by atoms with Crippen LogP contribution < -0.4 is 0 Å². The third-order valence-corrected chi connectivity index (χ3v) is 3.74. The molecule has 0 aliphatic heterocycles. The molecule has 0 saturated carbocycles. The lowest BCUT2D eigenvalue weighted by Gasteiger charge is -2.10. The van der Waals surface area contributed by atoms with E-state index in [1.807, 2.05) is 42.5 Å². The average Bonchev–Trinajstić information content (AvgIpc) is 2.99. The van der Waals surface area contributed by atoms with Gasteiger partial charge in [0.05, 0.1) is 12.3 Å². The Kier molecular flexibility index (Phi) is 4.02. The van der Waals surface area contributed by atoms with E-state index in [2.05, 4.69) is 36.3 Å². The van der Waals surface area contributed by atoms with Gasteiger partial charge in [-0.05, 0) is 23.6 Å². The standard InChI is InChI=1S/C18H19N3O/c1-13(2)14-8-10-16(11-9-14)21-18(17(12-22)19-20-21)15-6-4-3-5-7-15/h3-11,13,22H,12H2,1-2H3. The molecule has 0 aliphatic rings. The molecule has 0 bridgehead atoms. The quantitative estimate of drug-likeness (QED) is 0.800. The molecular weight excluding hydrogens is 274 g/mol. The molecule has 2 aromatic carbocycles. The Morgan fingerprint density at radius 1 is 1.00 bits per heavy atom. The van der Waals surface area contributed by atoms with Crippen LogP contribution in [0.3, 0.4) is 0 Å². The monoisotopic (exact) mass is 293 g/mol. The molecule has 112 valence electrons. The second-order valence-corrected chi connectivity index (χ2v) is 5.57. The van der Waals surface area contributed by atoms with Gasteiger partial charge < -0.3 is 5.11 Å². The van der Waals surface area contributed by atoms with Gasteiger partial charge in [-0.2, -0.15) is 0 Å². The van der Waals surface area contributed by atoms with Crippen molar-refractivity contribution < 1.29 is 5.11 Å². The molecule has 0 unspecified atom stereocenters. The van der Waals surface area contributed by atoms with Gasteiger partial charge in [0, 0.05) is 5.56 Å². The summed E-state index contributed by atoms with van der Waals surface area (Å²) in [5.74, 6) is 0.492. The van der Waals surface area contributed by atoms with E-state index in [0.717, 1.165) is 16.9 Å². The minimum Gasteiger partial charge on any atom is -0.390 e. The number of aliphatic hydroxyl groups is 1. The lowest BCUT2D eigenvalue weighted by molar-refractivity contribution is 0.277. The van der Waals surface area contributed by atoms with Crippen molar-refractivity contribution in [3.05, 3.63) is 65.9 Å². The number of benzene rings is 2. The van der Waals surface area contributed by atoms with Crippen molar-refractivity contribution >= 4 is 0 Å². The van der Waals surface area contributed by atoms with Gasteiger partial charge in [-0.25, -0.2) is 4.68 Å². The van der Waals surface area contributed by atoms with E-state index < -0.39 is 0 Å². The van der Waals surface area contributed by atoms with Gasteiger partial charge in [-0.15, -0.1) is 5.10 Å². The Hall–Kier alpha value is -2.46. The minimum absolute atomic E-state index is 0.131. The molecule has 0 saturated heterocycles. The topological polar surface area (TPSA) is 50.9 Å². The third-order valence-electron chi connectivity index (χ3n) is 3.74. The molecule has 1 heterocycles. The fourth-order valence-electron chi connectivity index (χ4n) is 2.49. The van der Waals surface area contributed by atoms with Crippen LogP contribution in [0.4, 0.5) is 0 Å². The number of aliphatic hydroxyl groups excluding tert-OH is 1. The van der Waals surface area contributed by atoms with Gasteiger partial charge in [0.15, 0.2) is 0 Å². The summed E-state index contributed by atoms with van der Waals surface area (Å²) >= 11 is 0. The van der Waals surface area contributed by atoms with E-state index in [1.54, 1.807) is 4.68 Å². The molecule has 0 radical (unpaired) electrons. The predicted octanol–water partition coefficient (Wildman–Crippen LogP) is 3.55. The number of rotatable bonds is 4. The Morgan fingerprint density at radius 2 is 1.68 bits per heavy atom. The van der Waals surface area contributed by atoms with E-state index in [4.69, 9.17) is 0 Å². The maximum absolute atomic E-state index is 9.54. The van der Waals surface area contributed by atoms with Crippen LogP contribution in [0.5, 0.6) is 0 Å². The maximum Gasteiger partial charge on any atom is 0.117 e. The molecular formula is C18H19N3O. The van der Waals surface area contributed by atoms with Gasteiger partial charge in [0.25, 0.3) is 0 Å². The highest BCUT2D eigenvalue weighted by Gasteiger charge is 2.15. The Morgan fingerprint density at radius 3 is 2.27 bits per heavy atom. The summed E-state index contributed by atoms with van der Waals surface area (Å²) in [4.78, 5) is 0. The fraction of sp³-hybridized carbons (Fsp3) is 0.222. The van der Waals surface area contributed by atoms with Crippen molar-refractivity contribution in [1.82, 2.24) is 15.0 Å². The first kappa shape index (κ1) is 14.5. The summed E-state index contributed by atoms with van der Waals surface area (Å²) in [7, 11) is 0. The molecule has 0 amide bonds. The van der Waals surface area contributed by atoms with Crippen LogP contribution in [-0.4, -0.2) is 20.1 Å². The molecule has 3 rings (SSSR count). The van der Waals surface area contributed by atoms with Crippen LogP contribution in [-0.2, 0) is 6.61 Å². The van der Waals surface area contributed by atoms with Crippen molar-refractivity contribution in [2.75, 3.05) is 0 Å². The van der Waals surface area contributed by atoms with Gasteiger partial charge in [-0.1, -0.05) is 61.5 Å². The van der Waals surface area contributed by atoms with E-state index >= 15 is 0 Å². The van der Waals surface area contributed by atoms with E-state index in [9.17, 15) is 5.11 Å². The van der Waals surface area contributed by atoms with Gasteiger partial charge in [0.1, 0.15) is 11.4 Å². The van der Waals surface area contributed by atoms with Crippen molar-refractivity contribution in [3.63, 3.8) is 0 Å². The molecule has 1 N–H and O–H groups in total. The molecule has 0 aliphatic carbocycles. The van der Waals surface area contributed by atoms with Gasteiger partial charge in [0.2, 0.25) is 0 Å². The summed E-state index contributed by atoms with van der Waals surface area (Å²) < 4.78 is 1.78. The summed E-state index contributed by atoms with van der Waals surface area (Å²) in [5, 5.41) is 17.9. The zero-order chi connectivity index (χ0) is 15.5. The van der Waals surface area contributed by atoms with Crippen molar-refractivity contribution in [2.24, 2.45) is 0 Å². The highest BCUT2D eigenvalue weighted by molar-refractivity contribution is 5.64. The zero-order valence-corrected chi connectivity index (χ0v) is 12.8. The van der Waals surface area contributed by atoms with Crippen LogP contribution in [0.15, 0.2) is 54.6 Å². The number of hydrogen-bond acceptors (Lipinski definition) is 3. The molecule has 3 aromatic rings. The van der Waals surface area contributed by atoms with E-state index in [1.165, 1.54) is 5.56 Å². The SMILES string of the molecule is CC(C)c1ccc(-n2nnc(CO)c2-c2ccccc2)cc1. The van der Waals surface area contributed by atoms with Crippen LogP contribution in [0.2, 0.25) is 0 Å². The van der Waals surface area contributed by atoms with E-state index in [0.29, 0.717) is 11.6 Å². The van der Waals surface area contributed by atoms with Crippen molar-refractivity contribution in [1.29, 1.82) is 0 Å². The highest BCUT2D eigenvalue weighted by Crippen LogP contribution is 2.26. The van der Waals surface area contributed by atoms with Gasteiger partial charge >= 0.3 is 0 Å². The number of nitrogens with zero attached hydrogens (tertiary/aromatic N) is 3. The van der Waals surface area contributed by atoms with Crippen LogP contribution in [0.25, 0.3) is 16.9 Å². The summed E-state index contributed by atoms with van der Waals surface area (Å²) in [6.07, 6.45) is 0. The second kappa shape index (κ2) is 6.12. The smallest absolute Gasteiger partial charge is 0.117 e. The Bertz CT molecular complexity index is 746. The molecule has 0 spiro atoms. The first-order valence-corrected chi connectivity index (χ1v) is 7.42. The van der Waals surface area contributed by atoms with Crippen molar-refractivity contribution in [2.45, 2.75) is 26.4 Å². The van der Waals surface area contributed by atoms with Crippen LogP contribution in [0.1, 0.15) is 31.0 Å². The Labute approximate surface area is 130 Å². The average molecular weight is 293 g/mol. The number of hydrogen-bond donors (Lipinski definition) is 1. The molecule has 4 nitrogen and oxygen atoms in total. The third kappa shape index (κ3) is 2.65. The number of aromatic nitrogens is 3. The van der Waals surface area contributed by atoms with Crippen molar-refractivity contribution in [3.8, 4) is 16.9 Å². The molecule has 0 atom stereocenters. The maximum atomic E-state index is 9.54. The first-order valence-electron chi connectivity index (χ1n) is 7.42. The summed E-state index contributed by atoms with van der Waals surface area (Å²) in [6, 6.07) is 18.2. The highest BCUT2D eigenvalue weighted by atomic mass is 16.3. The second-order valence-electron chi connectivity index (χ2n) is 5.57. The summed E-state index contributed by atoms with van der Waals surface area (Å²) in [5.41, 5.74) is 4.63. The molecule has 1 aromatic heterocycles. The minimum atomic E-state index is -0.131. The lowest BCUT2D eigenvalue weighted by Crippen LogP contribution is -2.00. The lowest BCUT2D eigenvalue weighted by atomic mass is 10.0. The molecule has 0 fully saturated rings.